The van der Waals surface area contributed by atoms with Crippen molar-refractivity contribution in [1.82, 2.24) is 4.57 Å². The molecule has 0 spiro atoms. The number of allylic oxidation sites excluding steroid dienone is 1. The molecule has 1 aromatic heterocycles. The fourth-order valence-corrected chi connectivity index (χ4v) is 6.18. The van der Waals surface area contributed by atoms with Crippen LogP contribution in [0.4, 0.5) is 5.69 Å². The molecule has 0 saturated carbocycles. The Hall–Kier alpha value is -3.65. The van der Waals surface area contributed by atoms with Crippen molar-refractivity contribution in [3.63, 3.8) is 0 Å². The molecule has 2 aromatic carbocycles. The summed E-state index contributed by atoms with van der Waals surface area (Å²) >= 11 is 1.35. The maximum absolute atomic E-state index is 13.9. The summed E-state index contributed by atoms with van der Waals surface area (Å²) in [7, 11) is 1.60. The van der Waals surface area contributed by atoms with Crippen molar-refractivity contribution < 1.29 is 14.3 Å². The predicted molar refractivity (Wildman–Crippen MR) is 151 cm³/mol. The van der Waals surface area contributed by atoms with Crippen molar-refractivity contribution in [2.24, 2.45) is 4.99 Å². The minimum atomic E-state index is -0.651. The van der Waals surface area contributed by atoms with E-state index in [2.05, 4.69) is 29.2 Å². The second-order valence-electron chi connectivity index (χ2n) is 9.48. The number of anilines is 1. The Morgan fingerprint density at radius 3 is 2.58 bits per heavy atom. The molecule has 38 heavy (non-hydrogen) atoms. The second kappa shape index (κ2) is 11.4. The summed E-state index contributed by atoms with van der Waals surface area (Å²) in [5.74, 6) is 0.208. The lowest BCUT2D eigenvalue weighted by atomic mass is 9.94. The van der Waals surface area contributed by atoms with Gasteiger partial charge in [-0.15, -0.1) is 0 Å². The van der Waals surface area contributed by atoms with Crippen molar-refractivity contribution in [1.29, 1.82) is 0 Å². The van der Waals surface area contributed by atoms with Crippen LogP contribution in [-0.4, -0.2) is 37.3 Å². The maximum Gasteiger partial charge on any atom is 0.338 e. The van der Waals surface area contributed by atoms with Crippen molar-refractivity contribution in [2.75, 3.05) is 31.7 Å². The van der Waals surface area contributed by atoms with Crippen molar-refractivity contribution >= 4 is 29.1 Å². The van der Waals surface area contributed by atoms with Crippen LogP contribution in [0.15, 0.2) is 69.6 Å². The molecule has 0 bridgehead atoms. The molecule has 3 aromatic rings. The standard InChI is InChI=1S/C30H33N3O4S/c1-4-9-24-26(29(35)37-5-2)27(21-10-8-11-23(19-21)36-3)33-28(34)25(38-30(33)31-24)18-20-12-14-22(15-13-20)32-16-6-7-17-32/h8,10-15,18-19,27H,4-7,9,16-17H2,1-3H3/b25-18+/t27-/m0/s1. The van der Waals surface area contributed by atoms with Gasteiger partial charge in [0.25, 0.3) is 5.56 Å². The van der Waals surface area contributed by atoms with E-state index in [1.807, 2.05) is 37.3 Å². The van der Waals surface area contributed by atoms with Crippen LogP contribution in [0.5, 0.6) is 5.75 Å². The largest absolute Gasteiger partial charge is 0.497 e. The van der Waals surface area contributed by atoms with Gasteiger partial charge in [-0.1, -0.05) is 48.9 Å². The Balaban J connectivity index is 1.65. The third-order valence-electron chi connectivity index (χ3n) is 6.96. The van der Waals surface area contributed by atoms with Gasteiger partial charge in [-0.25, -0.2) is 9.79 Å². The Kier molecular flexibility index (Phi) is 7.79. The lowest BCUT2D eigenvalue weighted by Gasteiger charge is -2.26. The summed E-state index contributed by atoms with van der Waals surface area (Å²) in [4.78, 5) is 35.0. The number of aromatic nitrogens is 1. The Bertz CT molecular complexity index is 1530. The number of hydrogen-bond acceptors (Lipinski definition) is 7. The first-order chi connectivity index (χ1) is 18.5. The minimum Gasteiger partial charge on any atom is -0.497 e. The molecular weight excluding hydrogens is 498 g/mol. The van der Waals surface area contributed by atoms with E-state index in [0.717, 1.165) is 30.6 Å². The summed E-state index contributed by atoms with van der Waals surface area (Å²) in [5, 5.41) is 0. The zero-order valence-corrected chi connectivity index (χ0v) is 22.9. The smallest absolute Gasteiger partial charge is 0.338 e. The number of carbonyl (C=O) groups excluding carboxylic acids is 1. The van der Waals surface area contributed by atoms with Gasteiger partial charge in [0.05, 0.1) is 35.6 Å². The second-order valence-corrected chi connectivity index (χ2v) is 10.5. The molecule has 0 unspecified atom stereocenters. The molecule has 2 aliphatic heterocycles. The van der Waals surface area contributed by atoms with Gasteiger partial charge in [0, 0.05) is 18.8 Å². The number of fused-ring (bicyclic) bond motifs is 1. The van der Waals surface area contributed by atoms with Crippen LogP contribution in [0, 0.1) is 0 Å². The number of carbonyl (C=O) groups is 1. The van der Waals surface area contributed by atoms with Gasteiger partial charge >= 0.3 is 5.97 Å². The molecule has 1 atom stereocenters. The molecule has 5 rings (SSSR count). The van der Waals surface area contributed by atoms with Gasteiger partial charge in [0.1, 0.15) is 5.75 Å². The van der Waals surface area contributed by atoms with Crippen LogP contribution in [0.25, 0.3) is 6.08 Å². The van der Waals surface area contributed by atoms with E-state index >= 15 is 0 Å². The van der Waals surface area contributed by atoms with Crippen molar-refractivity contribution in [3.05, 3.63) is 90.6 Å². The van der Waals surface area contributed by atoms with E-state index in [1.54, 1.807) is 18.6 Å². The van der Waals surface area contributed by atoms with Crippen molar-refractivity contribution in [3.8, 4) is 5.75 Å². The summed E-state index contributed by atoms with van der Waals surface area (Å²) < 4.78 is 13.1. The Labute approximate surface area is 226 Å². The van der Waals surface area contributed by atoms with E-state index < -0.39 is 12.0 Å². The zero-order valence-electron chi connectivity index (χ0n) is 22.1. The number of thiazole rings is 1. The maximum atomic E-state index is 13.9. The topological polar surface area (TPSA) is 73.1 Å². The SMILES string of the molecule is CCCC1=C(C(=O)OCC)[C@H](c2cccc(OC)c2)n2c(s/c(=C/c3ccc(N4CCCC4)cc3)c2=O)=N1. The van der Waals surface area contributed by atoms with Crippen LogP contribution in [-0.2, 0) is 9.53 Å². The molecule has 8 heteroatoms. The summed E-state index contributed by atoms with van der Waals surface area (Å²) in [6, 6.07) is 15.2. The molecular formula is C30H33N3O4S. The third kappa shape index (κ3) is 5.05. The summed E-state index contributed by atoms with van der Waals surface area (Å²) in [5.41, 5.74) is 3.84. The third-order valence-corrected chi connectivity index (χ3v) is 7.95. The summed E-state index contributed by atoms with van der Waals surface area (Å²) in [6.45, 7) is 6.25. The average molecular weight is 532 g/mol. The first-order valence-electron chi connectivity index (χ1n) is 13.2. The van der Waals surface area contributed by atoms with Crippen LogP contribution < -0.4 is 24.5 Å². The highest BCUT2D eigenvalue weighted by molar-refractivity contribution is 7.07. The van der Waals surface area contributed by atoms with E-state index in [1.165, 1.54) is 29.9 Å². The lowest BCUT2D eigenvalue weighted by molar-refractivity contribution is -0.139. The van der Waals surface area contributed by atoms with Gasteiger partial charge in [-0.2, -0.15) is 0 Å². The number of esters is 1. The molecule has 0 N–H and O–H groups in total. The fourth-order valence-electron chi connectivity index (χ4n) is 5.16. The number of hydrogen-bond donors (Lipinski definition) is 0. The number of methoxy groups -OCH3 is 1. The molecule has 198 valence electrons. The lowest BCUT2D eigenvalue weighted by Crippen LogP contribution is -2.40. The molecule has 3 heterocycles. The molecule has 1 saturated heterocycles. The normalized spacial score (nSPS) is 17.4. The molecule has 1 fully saturated rings. The van der Waals surface area contributed by atoms with Crippen LogP contribution in [0.1, 0.15) is 56.7 Å². The van der Waals surface area contributed by atoms with Gasteiger partial charge in [0.2, 0.25) is 0 Å². The molecule has 0 radical (unpaired) electrons. The van der Waals surface area contributed by atoms with E-state index in [-0.39, 0.29) is 12.2 Å². The minimum absolute atomic E-state index is 0.178. The number of rotatable bonds is 8. The summed E-state index contributed by atoms with van der Waals surface area (Å²) in [6.07, 6.45) is 5.78. The van der Waals surface area contributed by atoms with E-state index in [9.17, 15) is 9.59 Å². The average Bonchev–Trinajstić information content (AvgIpc) is 3.57. The highest BCUT2D eigenvalue weighted by Gasteiger charge is 2.34. The van der Waals surface area contributed by atoms with Gasteiger partial charge in [-0.05, 0) is 67.7 Å². The number of ether oxygens (including phenoxy) is 2. The van der Waals surface area contributed by atoms with Crippen LogP contribution >= 0.6 is 11.3 Å². The van der Waals surface area contributed by atoms with Crippen molar-refractivity contribution in [2.45, 2.75) is 45.6 Å². The van der Waals surface area contributed by atoms with Crippen LogP contribution in [0.2, 0.25) is 0 Å². The van der Waals surface area contributed by atoms with E-state index in [0.29, 0.717) is 32.8 Å². The highest BCUT2D eigenvalue weighted by Crippen LogP contribution is 2.34. The van der Waals surface area contributed by atoms with Gasteiger partial charge in [-0.3, -0.25) is 9.36 Å². The quantitative estimate of drug-likeness (QED) is 0.408. The molecule has 7 nitrogen and oxygen atoms in total. The van der Waals surface area contributed by atoms with Gasteiger partial charge < -0.3 is 14.4 Å². The first kappa shape index (κ1) is 26.0. The highest BCUT2D eigenvalue weighted by atomic mass is 32.1. The van der Waals surface area contributed by atoms with E-state index in [4.69, 9.17) is 14.5 Å². The molecule has 0 aliphatic carbocycles. The number of benzene rings is 2. The monoisotopic (exact) mass is 531 g/mol. The zero-order chi connectivity index (χ0) is 26.6. The fraction of sp³-hybridized carbons (Fsp3) is 0.367. The molecule has 0 amide bonds. The molecule has 2 aliphatic rings. The first-order valence-corrected chi connectivity index (χ1v) is 14.1. The Morgan fingerprint density at radius 2 is 1.89 bits per heavy atom. The van der Waals surface area contributed by atoms with Crippen LogP contribution in [0.3, 0.4) is 0 Å². The predicted octanol–water partition coefficient (Wildman–Crippen LogP) is 4.19. The Morgan fingerprint density at radius 1 is 1.13 bits per heavy atom. The van der Waals surface area contributed by atoms with Gasteiger partial charge in [0.15, 0.2) is 4.80 Å². The number of nitrogens with zero attached hydrogens (tertiary/aromatic N) is 3.